The zero-order chi connectivity index (χ0) is 12.7. The van der Waals surface area contributed by atoms with E-state index in [0.717, 1.165) is 24.1 Å². The fourth-order valence-corrected chi connectivity index (χ4v) is 2.04. The molecule has 0 amide bonds. The highest BCUT2D eigenvalue weighted by Gasteiger charge is 2.05. The average Bonchev–Trinajstić information content (AvgIpc) is 2.29. The molecule has 0 saturated heterocycles. The van der Waals surface area contributed by atoms with Crippen molar-refractivity contribution in [3.63, 3.8) is 0 Å². The van der Waals surface area contributed by atoms with Gasteiger partial charge in [0.2, 0.25) is 0 Å². The third kappa shape index (κ3) is 6.20. The number of rotatable bonds is 7. The van der Waals surface area contributed by atoms with Crippen LogP contribution >= 0.6 is 15.9 Å². The zero-order valence-corrected chi connectivity index (χ0v) is 12.7. The first-order valence-electron chi connectivity index (χ1n) is 6.23. The standard InChI is InChI=1S/C14H23BrN2/c1-4-9-17(11-10-16(2)3)12-13-5-7-14(15)8-6-13/h5-8H,4,9-12H2,1-3H3. The molecule has 0 atom stereocenters. The second kappa shape index (κ2) is 7.85. The Bertz CT molecular complexity index is 309. The molecule has 1 aromatic carbocycles. The van der Waals surface area contributed by atoms with Crippen molar-refractivity contribution in [2.45, 2.75) is 19.9 Å². The van der Waals surface area contributed by atoms with Gasteiger partial charge in [-0.2, -0.15) is 0 Å². The van der Waals surface area contributed by atoms with Gasteiger partial charge in [-0.05, 0) is 44.8 Å². The summed E-state index contributed by atoms with van der Waals surface area (Å²) in [5.41, 5.74) is 1.39. The van der Waals surface area contributed by atoms with Crippen LogP contribution in [0.5, 0.6) is 0 Å². The Labute approximate surface area is 114 Å². The maximum Gasteiger partial charge on any atom is 0.0234 e. The summed E-state index contributed by atoms with van der Waals surface area (Å²) in [6.45, 7) is 6.72. The number of benzene rings is 1. The van der Waals surface area contributed by atoms with Gasteiger partial charge in [0.25, 0.3) is 0 Å². The molecule has 0 bridgehead atoms. The quantitative estimate of drug-likeness (QED) is 0.763. The lowest BCUT2D eigenvalue weighted by Gasteiger charge is -2.23. The van der Waals surface area contributed by atoms with Crippen molar-refractivity contribution in [3.05, 3.63) is 34.3 Å². The van der Waals surface area contributed by atoms with E-state index in [4.69, 9.17) is 0 Å². The lowest BCUT2D eigenvalue weighted by atomic mass is 10.2. The van der Waals surface area contributed by atoms with Gasteiger partial charge in [-0.1, -0.05) is 35.0 Å². The largest absolute Gasteiger partial charge is 0.308 e. The van der Waals surface area contributed by atoms with E-state index in [0.29, 0.717) is 0 Å². The van der Waals surface area contributed by atoms with Gasteiger partial charge in [0, 0.05) is 24.1 Å². The maximum atomic E-state index is 3.47. The summed E-state index contributed by atoms with van der Waals surface area (Å²) in [6, 6.07) is 8.63. The molecule has 0 aliphatic heterocycles. The predicted molar refractivity (Wildman–Crippen MR) is 78.3 cm³/mol. The van der Waals surface area contributed by atoms with Gasteiger partial charge >= 0.3 is 0 Å². The summed E-state index contributed by atoms with van der Waals surface area (Å²) in [4.78, 5) is 4.76. The first-order valence-corrected chi connectivity index (χ1v) is 7.02. The van der Waals surface area contributed by atoms with E-state index in [1.807, 2.05) is 0 Å². The van der Waals surface area contributed by atoms with Gasteiger partial charge < -0.3 is 4.90 Å². The molecule has 1 rings (SSSR count). The molecule has 0 aliphatic carbocycles. The Hall–Kier alpha value is -0.380. The number of nitrogens with zero attached hydrogens (tertiary/aromatic N) is 2. The summed E-state index contributed by atoms with van der Waals surface area (Å²) in [5, 5.41) is 0. The summed E-state index contributed by atoms with van der Waals surface area (Å²) >= 11 is 3.47. The lowest BCUT2D eigenvalue weighted by molar-refractivity contribution is 0.234. The second-order valence-corrected chi connectivity index (χ2v) is 5.62. The van der Waals surface area contributed by atoms with E-state index >= 15 is 0 Å². The van der Waals surface area contributed by atoms with Crippen LogP contribution in [0, 0.1) is 0 Å². The van der Waals surface area contributed by atoms with E-state index in [2.05, 4.69) is 71.0 Å². The Morgan fingerprint density at radius 2 is 1.65 bits per heavy atom. The van der Waals surface area contributed by atoms with Crippen LogP contribution in [0.4, 0.5) is 0 Å². The van der Waals surface area contributed by atoms with Gasteiger partial charge in [0.15, 0.2) is 0 Å². The molecule has 3 heteroatoms. The van der Waals surface area contributed by atoms with E-state index < -0.39 is 0 Å². The lowest BCUT2D eigenvalue weighted by Crippen LogP contribution is -2.31. The minimum absolute atomic E-state index is 1.05. The Morgan fingerprint density at radius 1 is 1.00 bits per heavy atom. The van der Waals surface area contributed by atoms with Crippen LogP contribution in [0.25, 0.3) is 0 Å². The molecule has 2 nitrogen and oxygen atoms in total. The van der Waals surface area contributed by atoms with Crippen LogP contribution in [0.3, 0.4) is 0 Å². The number of likely N-dealkylation sites (N-methyl/N-ethyl adjacent to an activating group) is 1. The second-order valence-electron chi connectivity index (χ2n) is 4.71. The van der Waals surface area contributed by atoms with Crippen LogP contribution in [0.15, 0.2) is 28.7 Å². The van der Waals surface area contributed by atoms with Gasteiger partial charge in [-0.15, -0.1) is 0 Å². The van der Waals surface area contributed by atoms with E-state index in [-0.39, 0.29) is 0 Å². The summed E-state index contributed by atoms with van der Waals surface area (Å²) in [5.74, 6) is 0. The van der Waals surface area contributed by atoms with Crippen LogP contribution < -0.4 is 0 Å². The topological polar surface area (TPSA) is 6.48 Å². The van der Waals surface area contributed by atoms with Crippen molar-refractivity contribution >= 4 is 15.9 Å². The van der Waals surface area contributed by atoms with Gasteiger partial charge in [0.1, 0.15) is 0 Å². The minimum atomic E-state index is 1.05. The van der Waals surface area contributed by atoms with Crippen LogP contribution in [-0.2, 0) is 6.54 Å². The highest BCUT2D eigenvalue weighted by Crippen LogP contribution is 2.12. The zero-order valence-electron chi connectivity index (χ0n) is 11.1. The molecule has 0 fully saturated rings. The molecule has 0 radical (unpaired) electrons. The highest BCUT2D eigenvalue weighted by atomic mass is 79.9. The minimum Gasteiger partial charge on any atom is -0.308 e. The van der Waals surface area contributed by atoms with E-state index in [9.17, 15) is 0 Å². The van der Waals surface area contributed by atoms with Crippen molar-refractivity contribution in [1.82, 2.24) is 9.80 Å². The van der Waals surface area contributed by atoms with Crippen molar-refractivity contribution in [2.24, 2.45) is 0 Å². The number of halogens is 1. The molecule has 0 unspecified atom stereocenters. The van der Waals surface area contributed by atoms with Gasteiger partial charge in [-0.3, -0.25) is 4.90 Å². The van der Waals surface area contributed by atoms with Gasteiger partial charge in [-0.25, -0.2) is 0 Å². The van der Waals surface area contributed by atoms with E-state index in [1.165, 1.54) is 18.5 Å². The Kier molecular flexibility index (Phi) is 6.78. The smallest absolute Gasteiger partial charge is 0.0234 e. The first-order chi connectivity index (χ1) is 8.11. The normalized spacial score (nSPS) is 11.4. The fourth-order valence-electron chi connectivity index (χ4n) is 1.78. The summed E-state index contributed by atoms with van der Waals surface area (Å²) in [6.07, 6.45) is 1.21. The molecule has 0 spiro atoms. The van der Waals surface area contributed by atoms with Crippen LogP contribution in [-0.4, -0.2) is 43.5 Å². The molecular weight excluding hydrogens is 276 g/mol. The van der Waals surface area contributed by atoms with Crippen molar-refractivity contribution in [2.75, 3.05) is 33.7 Å². The third-order valence-corrected chi connectivity index (χ3v) is 3.25. The predicted octanol–water partition coefficient (Wildman–Crippen LogP) is 3.22. The van der Waals surface area contributed by atoms with Crippen molar-refractivity contribution in [1.29, 1.82) is 0 Å². The van der Waals surface area contributed by atoms with Crippen molar-refractivity contribution in [3.8, 4) is 0 Å². The van der Waals surface area contributed by atoms with Crippen LogP contribution in [0.1, 0.15) is 18.9 Å². The summed E-state index contributed by atoms with van der Waals surface area (Å²) in [7, 11) is 4.26. The van der Waals surface area contributed by atoms with Gasteiger partial charge in [0.05, 0.1) is 0 Å². The molecule has 0 N–H and O–H groups in total. The molecule has 0 heterocycles. The third-order valence-electron chi connectivity index (χ3n) is 2.72. The number of hydrogen-bond donors (Lipinski definition) is 0. The molecule has 0 aliphatic rings. The molecule has 17 heavy (non-hydrogen) atoms. The molecule has 0 saturated carbocycles. The molecule has 1 aromatic rings. The highest BCUT2D eigenvalue weighted by molar-refractivity contribution is 9.10. The van der Waals surface area contributed by atoms with E-state index in [1.54, 1.807) is 0 Å². The maximum absolute atomic E-state index is 3.47. The number of hydrogen-bond acceptors (Lipinski definition) is 2. The Morgan fingerprint density at radius 3 is 2.18 bits per heavy atom. The SMILES string of the molecule is CCCN(CCN(C)C)Cc1ccc(Br)cc1. The Balaban J connectivity index is 2.50. The molecular formula is C14H23BrN2. The monoisotopic (exact) mass is 298 g/mol. The van der Waals surface area contributed by atoms with Crippen molar-refractivity contribution < 1.29 is 0 Å². The fraction of sp³-hybridized carbons (Fsp3) is 0.571. The molecule has 96 valence electrons. The van der Waals surface area contributed by atoms with Crippen LogP contribution in [0.2, 0.25) is 0 Å². The molecule has 0 aromatic heterocycles. The summed E-state index contributed by atoms with van der Waals surface area (Å²) < 4.78 is 1.15. The average molecular weight is 299 g/mol. The first kappa shape index (κ1) is 14.7.